The predicted octanol–water partition coefficient (Wildman–Crippen LogP) is 0.347. The van der Waals surface area contributed by atoms with Crippen LogP contribution in [0, 0.1) is 0 Å². The van der Waals surface area contributed by atoms with E-state index in [0.717, 1.165) is 0 Å². The minimum absolute atomic E-state index is 0.0355. The van der Waals surface area contributed by atoms with Crippen molar-refractivity contribution in [1.82, 2.24) is 10.6 Å². The summed E-state index contributed by atoms with van der Waals surface area (Å²) in [5.74, 6) is -0.135. The van der Waals surface area contributed by atoms with Crippen LogP contribution in [0.15, 0.2) is 0 Å². The largest absolute Gasteiger partial charge is 0.381 e. The second kappa shape index (κ2) is 15.1. The molecule has 0 aliphatic rings. The lowest BCUT2D eigenvalue weighted by Gasteiger charge is -2.10. The molecule has 0 fully saturated rings. The van der Waals surface area contributed by atoms with E-state index in [1.165, 1.54) is 0 Å². The highest BCUT2D eigenvalue weighted by Gasteiger charge is 2.07. The summed E-state index contributed by atoms with van der Waals surface area (Å²) in [7, 11) is 0. The first-order valence-electron chi connectivity index (χ1n) is 8.13. The molecule has 0 saturated carbocycles. The van der Waals surface area contributed by atoms with Crippen molar-refractivity contribution in [3.05, 3.63) is 0 Å². The van der Waals surface area contributed by atoms with Gasteiger partial charge in [0, 0.05) is 26.4 Å². The fourth-order valence-electron chi connectivity index (χ4n) is 1.54. The molecule has 0 spiro atoms. The van der Waals surface area contributed by atoms with Crippen LogP contribution in [0.3, 0.4) is 0 Å². The number of alkyl halides is 1. The highest BCUT2D eigenvalue weighted by molar-refractivity contribution is 5.77. The van der Waals surface area contributed by atoms with Gasteiger partial charge in [-0.15, -0.1) is 0 Å². The monoisotopic (exact) mass is 351 g/mol. The van der Waals surface area contributed by atoms with Crippen molar-refractivity contribution in [2.45, 2.75) is 39.0 Å². The van der Waals surface area contributed by atoms with Crippen molar-refractivity contribution in [1.29, 1.82) is 0 Å². The Morgan fingerprint density at radius 3 is 2.42 bits per heavy atom. The summed E-state index contributed by atoms with van der Waals surface area (Å²) in [6, 6.07) is -0.755. The van der Waals surface area contributed by atoms with Crippen LogP contribution in [0.4, 0.5) is 9.18 Å². The smallest absolute Gasteiger partial charge is 0.312 e. The van der Waals surface area contributed by atoms with E-state index in [1.54, 1.807) is 0 Å². The van der Waals surface area contributed by atoms with Crippen molar-refractivity contribution < 1.29 is 28.2 Å². The third-order valence-corrected chi connectivity index (χ3v) is 2.71. The number of ether oxygens (including phenoxy) is 3. The molecule has 0 aliphatic heterocycles. The highest BCUT2D eigenvalue weighted by Crippen LogP contribution is 1.93. The second-order valence-electron chi connectivity index (χ2n) is 5.45. The maximum absolute atomic E-state index is 13.2. The van der Waals surface area contributed by atoms with E-state index in [9.17, 15) is 14.0 Å². The van der Waals surface area contributed by atoms with Gasteiger partial charge in [-0.05, 0) is 26.7 Å². The van der Waals surface area contributed by atoms with Gasteiger partial charge in [0.15, 0.2) is 0 Å². The molecule has 24 heavy (non-hydrogen) atoms. The van der Waals surface area contributed by atoms with Crippen molar-refractivity contribution in [3.8, 4) is 0 Å². The first kappa shape index (κ1) is 22.6. The molecule has 142 valence electrons. The molecule has 0 bridgehead atoms. The number of urea groups is 1. The van der Waals surface area contributed by atoms with Gasteiger partial charge in [0.25, 0.3) is 0 Å². The average Bonchev–Trinajstić information content (AvgIpc) is 2.52. The van der Waals surface area contributed by atoms with E-state index < -0.39 is 12.2 Å². The number of amides is 3. The van der Waals surface area contributed by atoms with Gasteiger partial charge in [-0.1, -0.05) is 0 Å². The van der Waals surface area contributed by atoms with E-state index in [4.69, 9.17) is 19.9 Å². The first-order valence-corrected chi connectivity index (χ1v) is 8.13. The molecule has 9 heteroatoms. The zero-order valence-corrected chi connectivity index (χ0v) is 14.5. The lowest BCUT2D eigenvalue weighted by Crippen LogP contribution is -2.36. The molecule has 0 saturated heterocycles. The molecule has 8 nitrogen and oxygen atoms in total. The molecule has 0 heterocycles. The van der Waals surface area contributed by atoms with Gasteiger partial charge in [-0.25, -0.2) is 9.18 Å². The van der Waals surface area contributed by atoms with Gasteiger partial charge >= 0.3 is 6.03 Å². The molecule has 0 aromatic heterocycles. The Morgan fingerprint density at radius 1 is 1.08 bits per heavy atom. The zero-order chi connectivity index (χ0) is 18.2. The van der Waals surface area contributed by atoms with Crippen LogP contribution in [0.2, 0.25) is 0 Å². The molecule has 0 aromatic carbocycles. The fourth-order valence-corrected chi connectivity index (χ4v) is 1.54. The number of hydrogen-bond acceptors (Lipinski definition) is 5. The quantitative estimate of drug-likeness (QED) is 0.369. The normalized spacial score (nSPS) is 12.2. The molecule has 0 rings (SSSR count). The Kier molecular flexibility index (Phi) is 14.2. The molecule has 1 unspecified atom stereocenters. The summed E-state index contributed by atoms with van der Waals surface area (Å²) in [6.45, 7) is 5.51. The standard InChI is InChI=1S/C15H30FN3O5/c1-12(2)24-11-14(20)18-5-3-6-22-7-4-8-23-10-13(16)9-19-15(17)21/h12-13H,3-11H2,1-2H3,(H,18,20)(H3,17,19,21). The summed E-state index contributed by atoms with van der Waals surface area (Å²) in [4.78, 5) is 21.7. The Bertz CT molecular complexity index is 345. The Morgan fingerprint density at radius 2 is 1.75 bits per heavy atom. The maximum atomic E-state index is 13.2. The summed E-state index contributed by atoms with van der Waals surface area (Å²) >= 11 is 0. The van der Waals surface area contributed by atoms with Gasteiger partial charge < -0.3 is 30.6 Å². The summed E-state index contributed by atoms with van der Waals surface area (Å²) in [6.07, 6.45) is 0.111. The SMILES string of the molecule is CC(C)OCC(=O)NCCCOCCCOCC(F)CNC(N)=O. The summed E-state index contributed by atoms with van der Waals surface area (Å²) in [5.41, 5.74) is 4.83. The molecule has 4 N–H and O–H groups in total. The van der Waals surface area contributed by atoms with Crippen LogP contribution in [0.5, 0.6) is 0 Å². The van der Waals surface area contributed by atoms with Gasteiger partial charge in [0.2, 0.25) is 5.91 Å². The second-order valence-corrected chi connectivity index (χ2v) is 5.45. The Labute approximate surface area is 142 Å². The number of halogens is 1. The Hall–Kier alpha value is -1.45. The number of hydrogen-bond donors (Lipinski definition) is 3. The third kappa shape index (κ3) is 16.9. The topological polar surface area (TPSA) is 112 Å². The summed E-state index contributed by atoms with van der Waals surface area (Å²) in [5, 5.41) is 4.90. The predicted molar refractivity (Wildman–Crippen MR) is 87.5 cm³/mol. The van der Waals surface area contributed by atoms with Gasteiger partial charge in [0.1, 0.15) is 12.8 Å². The fraction of sp³-hybridized carbons (Fsp3) is 0.867. The van der Waals surface area contributed by atoms with Crippen LogP contribution >= 0.6 is 0 Å². The van der Waals surface area contributed by atoms with E-state index in [0.29, 0.717) is 39.2 Å². The number of rotatable bonds is 15. The molecule has 0 radical (unpaired) electrons. The van der Waals surface area contributed by atoms with E-state index in [-0.39, 0.29) is 31.8 Å². The van der Waals surface area contributed by atoms with Crippen LogP contribution in [0.1, 0.15) is 26.7 Å². The minimum atomic E-state index is -1.28. The Balaban J connectivity index is 3.25. The molecule has 0 aliphatic carbocycles. The van der Waals surface area contributed by atoms with E-state index in [2.05, 4.69) is 10.6 Å². The van der Waals surface area contributed by atoms with Crippen molar-refractivity contribution >= 4 is 11.9 Å². The first-order chi connectivity index (χ1) is 11.4. The van der Waals surface area contributed by atoms with Crippen LogP contribution in [-0.4, -0.2) is 70.3 Å². The van der Waals surface area contributed by atoms with Crippen molar-refractivity contribution in [2.75, 3.05) is 46.1 Å². The number of nitrogens with two attached hydrogens (primary N) is 1. The highest BCUT2D eigenvalue weighted by atomic mass is 19.1. The molecule has 3 amide bonds. The third-order valence-electron chi connectivity index (χ3n) is 2.71. The van der Waals surface area contributed by atoms with Crippen molar-refractivity contribution in [3.63, 3.8) is 0 Å². The molecule has 0 aromatic rings. The number of nitrogens with one attached hydrogen (secondary N) is 2. The molecular formula is C15H30FN3O5. The lowest BCUT2D eigenvalue weighted by atomic mass is 10.4. The van der Waals surface area contributed by atoms with Gasteiger partial charge in [-0.3, -0.25) is 4.79 Å². The van der Waals surface area contributed by atoms with Gasteiger partial charge in [0.05, 0.1) is 19.3 Å². The number of carbonyl (C=O) groups is 2. The summed E-state index contributed by atoms with van der Waals surface area (Å²) < 4.78 is 28.8. The van der Waals surface area contributed by atoms with Gasteiger partial charge in [-0.2, -0.15) is 0 Å². The number of primary amides is 1. The van der Waals surface area contributed by atoms with Crippen LogP contribution < -0.4 is 16.4 Å². The van der Waals surface area contributed by atoms with Crippen LogP contribution in [0.25, 0.3) is 0 Å². The van der Waals surface area contributed by atoms with Crippen molar-refractivity contribution in [2.24, 2.45) is 5.73 Å². The van der Waals surface area contributed by atoms with Crippen LogP contribution in [-0.2, 0) is 19.0 Å². The maximum Gasteiger partial charge on any atom is 0.312 e. The zero-order valence-electron chi connectivity index (χ0n) is 14.5. The molecular weight excluding hydrogens is 321 g/mol. The number of carbonyl (C=O) groups excluding carboxylic acids is 2. The van der Waals surface area contributed by atoms with E-state index in [1.807, 2.05) is 13.8 Å². The molecule has 1 atom stereocenters. The average molecular weight is 351 g/mol. The minimum Gasteiger partial charge on any atom is -0.381 e. The van der Waals surface area contributed by atoms with E-state index >= 15 is 0 Å². The lowest BCUT2D eigenvalue weighted by molar-refractivity contribution is -0.127.